The van der Waals surface area contributed by atoms with Crippen LogP contribution in [-0.2, 0) is 0 Å². The lowest BCUT2D eigenvalue weighted by Gasteiger charge is -2.05. The Balaban J connectivity index is 2.15. The molecule has 0 radical (unpaired) electrons. The first-order valence-electron chi connectivity index (χ1n) is 4.15. The summed E-state index contributed by atoms with van der Waals surface area (Å²) in [5, 5.41) is 5.73. The molecule has 0 aromatic carbocycles. The Bertz CT molecular complexity index is 235. The maximum absolute atomic E-state index is 3.50. The summed E-state index contributed by atoms with van der Waals surface area (Å²) in [4.78, 5) is 1.51. The van der Waals surface area contributed by atoms with Crippen molar-refractivity contribution < 1.29 is 0 Å². The van der Waals surface area contributed by atoms with Crippen molar-refractivity contribution in [2.75, 3.05) is 6.54 Å². The minimum absolute atomic E-state index is 0.661. The Labute approximate surface area is 71.4 Å². The second kappa shape index (κ2) is 2.95. The van der Waals surface area contributed by atoms with Gasteiger partial charge >= 0.3 is 0 Å². The van der Waals surface area contributed by atoms with Crippen molar-refractivity contribution in [1.82, 2.24) is 5.32 Å². The van der Waals surface area contributed by atoms with Crippen LogP contribution >= 0.6 is 11.3 Å². The number of aryl methyl sites for hydroxylation is 1. The van der Waals surface area contributed by atoms with Gasteiger partial charge < -0.3 is 5.32 Å². The van der Waals surface area contributed by atoms with Gasteiger partial charge in [-0.3, -0.25) is 0 Å². The summed E-state index contributed by atoms with van der Waals surface area (Å²) in [5.41, 5.74) is 1.40. The van der Waals surface area contributed by atoms with Crippen LogP contribution in [0, 0.1) is 6.92 Å². The summed E-state index contributed by atoms with van der Waals surface area (Å²) in [7, 11) is 0. The lowest BCUT2D eigenvalue weighted by Crippen LogP contribution is -2.11. The van der Waals surface area contributed by atoms with Crippen LogP contribution in [0.25, 0.3) is 0 Å². The maximum Gasteiger partial charge on any atom is 0.0415 e. The van der Waals surface area contributed by atoms with Gasteiger partial charge in [-0.2, -0.15) is 0 Å². The monoisotopic (exact) mass is 167 g/mol. The fraction of sp³-hybridized carbons (Fsp3) is 0.556. The molecule has 1 fully saturated rings. The van der Waals surface area contributed by atoms with E-state index in [-0.39, 0.29) is 0 Å². The third kappa shape index (κ3) is 1.47. The van der Waals surface area contributed by atoms with Gasteiger partial charge in [0.15, 0.2) is 0 Å². The Hall–Kier alpha value is -0.340. The van der Waals surface area contributed by atoms with Crippen LogP contribution in [0.4, 0.5) is 0 Å². The van der Waals surface area contributed by atoms with E-state index in [1.807, 2.05) is 11.3 Å². The molecule has 1 aliphatic heterocycles. The smallest absolute Gasteiger partial charge is 0.0415 e. The van der Waals surface area contributed by atoms with Crippen molar-refractivity contribution in [3.8, 4) is 0 Å². The first-order valence-corrected chi connectivity index (χ1v) is 5.02. The summed E-state index contributed by atoms with van der Waals surface area (Å²) >= 11 is 1.88. The first-order chi connectivity index (χ1) is 5.36. The van der Waals surface area contributed by atoms with Gasteiger partial charge in [0.1, 0.15) is 0 Å². The van der Waals surface area contributed by atoms with Gasteiger partial charge in [0.05, 0.1) is 0 Å². The van der Waals surface area contributed by atoms with Gasteiger partial charge in [0.2, 0.25) is 0 Å². The normalized spacial score (nSPS) is 24.3. The summed E-state index contributed by atoms with van der Waals surface area (Å²) in [6.07, 6.45) is 2.65. The van der Waals surface area contributed by atoms with Crippen molar-refractivity contribution in [2.45, 2.75) is 25.8 Å². The molecular formula is C9H13NS. The van der Waals surface area contributed by atoms with E-state index in [2.05, 4.69) is 23.7 Å². The molecule has 1 nitrogen and oxygen atoms in total. The molecule has 2 heterocycles. The van der Waals surface area contributed by atoms with Crippen LogP contribution in [0.5, 0.6) is 0 Å². The van der Waals surface area contributed by atoms with E-state index in [0.29, 0.717) is 6.04 Å². The second-order valence-corrected chi connectivity index (χ2v) is 4.12. The fourth-order valence-corrected chi connectivity index (χ4v) is 2.57. The van der Waals surface area contributed by atoms with Crippen LogP contribution in [-0.4, -0.2) is 6.54 Å². The topological polar surface area (TPSA) is 12.0 Å². The zero-order valence-corrected chi connectivity index (χ0v) is 7.58. The van der Waals surface area contributed by atoms with E-state index in [0.717, 1.165) is 0 Å². The highest BCUT2D eigenvalue weighted by molar-refractivity contribution is 7.10. The Morgan fingerprint density at radius 1 is 1.64 bits per heavy atom. The third-order valence-electron chi connectivity index (χ3n) is 2.15. The average Bonchev–Trinajstić information content (AvgIpc) is 2.55. The highest BCUT2D eigenvalue weighted by atomic mass is 32.1. The second-order valence-electron chi connectivity index (χ2n) is 3.18. The molecule has 0 aliphatic carbocycles. The van der Waals surface area contributed by atoms with E-state index < -0.39 is 0 Å². The maximum atomic E-state index is 3.50. The third-order valence-corrected chi connectivity index (χ3v) is 3.32. The van der Waals surface area contributed by atoms with Crippen LogP contribution in [0.15, 0.2) is 11.4 Å². The van der Waals surface area contributed by atoms with E-state index in [1.54, 1.807) is 0 Å². The molecule has 2 heteroatoms. The largest absolute Gasteiger partial charge is 0.309 e. The van der Waals surface area contributed by atoms with Crippen molar-refractivity contribution in [3.05, 3.63) is 21.9 Å². The molecule has 2 rings (SSSR count). The van der Waals surface area contributed by atoms with E-state index in [4.69, 9.17) is 0 Å². The predicted octanol–water partition coefficient (Wildman–Crippen LogP) is 2.48. The summed E-state index contributed by atoms with van der Waals surface area (Å²) in [6, 6.07) is 2.96. The molecule has 0 spiro atoms. The number of hydrogen-bond acceptors (Lipinski definition) is 2. The van der Waals surface area contributed by atoms with Gasteiger partial charge in [-0.05, 0) is 43.3 Å². The molecular weight excluding hydrogens is 154 g/mol. The number of hydrogen-bond donors (Lipinski definition) is 1. The zero-order chi connectivity index (χ0) is 7.68. The Morgan fingerprint density at radius 3 is 3.09 bits per heavy atom. The van der Waals surface area contributed by atoms with Crippen LogP contribution in [0.2, 0.25) is 0 Å². The number of nitrogens with one attached hydrogen (secondary N) is 1. The predicted molar refractivity (Wildman–Crippen MR) is 49.0 cm³/mol. The van der Waals surface area contributed by atoms with Gasteiger partial charge in [0.25, 0.3) is 0 Å². The molecule has 0 bridgehead atoms. The molecule has 1 aliphatic rings. The fourth-order valence-electron chi connectivity index (χ4n) is 1.56. The minimum atomic E-state index is 0.661. The number of thiophene rings is 1. The molecule has 1 saturated heterocycles. The Kier molecular flexibility index (Phi) is 1.96. The van der Waals surface area contributed by atoms with Crippen molar-refractivity contribution >= 4 is 11.3 Å². The van der Waals surface area contributed by atoms with Crippen LogP contribution in [0.3, 0.4) is 0 Å². The van der Waals surface area contributed by atoms with Crippen LogP contribution < -0.4 is 5.32 Å². The SMILES string of the molecule is Cc1csc([C@H]2CCCN2)c1. The lowest BCUT2D eigenvalue weighted by atomic mass is 10.2. The van der Waals surface area contributed by atoms with Crippen LogP contribution in [0.1, 0.15) is 29.3 Å². The summed E-state index contributed by atoms with van der Waals surface area (Å²) < 4.78 is 0. The molecule has 1 N–H and O–H groups in total. The average molecular weight is 167 g/mol. The van der Waals surface area contributed by atoms with Crippen molar-refractivity contribution in [1.29, 1.82) is 0 Å². The quantitative estimate of drug-likeness (QED) is 0.677. The van der Waals surface area contributed by atoms with Crippen molar-refractivity contribution in [3.63, 3.8) is 0 Å². The minimum Gasteiger partial charge on any atom is -0.309 e. The lowest BCUT2D eigenvalue weighted by molar-refractivity contribution is 0.659. The molecule has 1 aromatic heterocycles. The zero-order valence-electron chi connectivity index (χ0n) is 6.76. The van der Waals surface area contributed by atoms with Gasteiger partial charge in [-0.1, -0.05) is 0 Å². The van der Waals surface area contributed by atoms with Gasteiger partial charge in [0, 0.05) is 10.9 Å². The molecule has 60 valence electrons. The molecule has 11 heavy (non-hydrogen) atoms. The molecule has 0 saturated carbocycles. The van der Waals surface area contributed by atoms with Gasteiger partial charge in [-0.25, -0.2) is 0 Å². The Morgan fingerprint density at radius 2 is 2.55 bits per heavy atom. The standard InChI is InChI=1S/C9H13NS/c1-7-5-9(11-6-7)8-3-2-4-10-8/h5-6,8,10H,2-4H2,1H3/t8-/m1/s1. The number of rotatable bonds is 1. The van der Waals surface area contributed by atoms with Gasteiger partial charge in [-0.15, -0.1) is 11.3 Å². The molecule has 0 amide bonds. The highest BCUT2D eigenvalue weighted by Gasteiger charge is 2.16. The van der Waals surface area contributed by atoms with E-state index in [1.165, 1.54) is 29.8 Å². The van der Waals surface area contributed by atoms with E-state index >= 15 is 0 Å². The van der Waals surface area contributed by atoms with Crippen molar-refractivity contribution in [2.24, 2.45) is 0 Å². The van der Waals surface area contributed by atoms with E-state index in [9.17, 15) is 0 Å². The summed E-state index contributed by atoms with van der Waals surface area (Å²) in [5.74, 6) is 0. The molecule has 1 aromatic rings. The molecule has 1 atom stereocenters. The first kappa shape index (κ1) is 7.32. The molecule has 0 unspecified atom stereocenters. The summed E-state index contributed by atoms with van der Waals surface area (Å²) in [6.45, 7) is 3.36. The highest BCUT2D eigenvalue weighted by Crippen LogP contribution is 2.27.